The number of sulfone groups is 1. The van der Waals surface area contributed by atoms with Crippen LogP contribution in [0.5, 0.6) is 0 Å². The van der Waals surface area contributed by atoms with Gasteiger partial charge in [-0.3, -0.25) is 4.31 Å². The van der Waals surface area contributed by atoms with E-state index in [0.29, 0.717) is 23.7 Å². The van der Waals surface area contributed by atoms with Gasteiger partial charge in [-0.2, -0.15) is 0 Å². The molecule has 4 rings (SSSR count). The Morgan fingerprint density at radius 2 is 1.43 bits per heavy atom. The lowest BCUT2D eigenvalue weighted by atomic mass is 10.2. The predicted molar refractivity (Wildman–Crippen MR) is 108 cm³/mol. The topological polar surface area (TPSA) is 71.5 Å². The molecule has 0 saturated carbocycles. The Hall–Kier alpha value is -2.35. The van der Waals surface area contributed by atoms with Gasteiger partial charge in [-0.05, 0) is 60.5 Å². The molecule has 0 saturated heterocycles. The van der Waals surface area contributed by atoms with Crippen molar-refractivity contribution in [2.24, 2.45) is 0 Å². The molecule has 0 unspecified atom stereocenters. The van der Waals surface area contributed by atoms with Gasteiger partial charge in [-0.25, -0.2) is 16.8 Å². The van der Waals surface area contributed by atoms with Crippen LogP contribution in [-0.4, -0.2) is 23.4 Å². The fraction of sp³-hybridized carbons (Fsp3) is 0.100. The number of hydrogen-bond acceptors (Lipinski definition) is 4. The number of benzene rings is 3. The number of nitrogens with zero attached hydrogens (tertiary/aromatic N) is 1. The summed E-state index contributed by atoms with van der Waals surface area (Å²) in [5.41, 5.74) is 1.59. The summed E-state index contributed by atoms with van der Waals surface area (Å²) in [6, 6.07) is 18.5. The lowest BCUT2D eigenvalue weighted by Crippen LogP contribution is -2.29. The lowest BCUT2D eigenvalue weighted by molar-refractivity contribution is 0.591. The number of fused-ring (bicyclic) bond motifs is 1. The zero-order valence-electron chi connectivity index (χ0n) is 14.6. The summed E-state index contributed by atoms with van der Waals surface area (Å²) in [7, 11) is -7.74. The van der Waals surface area contributed by atoms with Gasteiger partial charge < -0.3 is 0 Å². The number of rotatable bonds is 4. The maximum absolute atomic E-state index is 13.2. The Balaban J connectivity index is 1.76. The molecular formula is C20H16ClNO4S2. The maximum Gasteiger partial charge on any atom is 0.264 e. The summed E-state index contributed by atoms with van der Waals surface area (Å²) in [4.78, 5) is -0.0828. The average Bonchev–Trinajstić information content (AvgIpc) is 3.13. The second-order valence-electron chi connectivity index (χ2n) is 6.39. The quantitative estimate of drug-likeness (QED) is 0.625. The van der Waals surface area contributed by atoms with Gasteiger partial charge in [0.2, 0.25) is 9.84 Å². The summed E-state index contributed by atoms with van der Waals surface area (Å²) in [5.74, 6) is 0. The Labute approximate surface area is 169 Å². The van der Waals surface area contributed by atoms with Crippen LogP contribution in [0.4, 0.5) is 5.69 Å². The minimum absolute atomic E-state index is 0.0537. The molecule has 0 radical (unpaired) electrons. The minimum Gasteiger partial charge on any atom is -0.266 e. The molecule has 8 heteroatoms. The Bertz CT molecular complexity index is 1250. The molecule has 1 aliphatic rings. The standard InChI is InChI=1S/C20H16ClNO4S2/c21-16-8-10-17(11-9-16)27(23,24)18-5-3-6-19(14-18)28(25,26)22-13-12-15-4-1-2-7-20(15)22/h1-11,14H,12-13H2. The Morgan fingerprint density at radius 3 is 2.18 bits per heavy atom. The fourth-order valence-corrected chi connectivity index (χ4v) is 6.29. The van der Waals surface area contributed by atoms with Crippen LogP contribution in [0.15, 0.2) is 87.5 Å². The molecule has 0 bridgehead atoms. The second-order valence-corrected chi connectivity index (χ2v) is 10.6. The highest BCUT2D eigenvalue weighted by Gasteiger charge is 2.31. The van der Waals surface area contributed by atoms with E-state index in [1.165, 1.54) is 52.8 Å². The Kier molecular flexibility index (Phi) is 4.69. The van der Waals surface area contributed by atoms with E-state index in [0.717, 1.165) is 5.56 Å². The average molecular weight is 434 g/mol. The molecule has 1 heterocycles. The van der Waals surface area contributed by atoms with Crippen molar-refractivity contribution in [2.75, 3.05) is 10.8 Å². The van der Waals surface area contributed by atoms with Crippen molar-refractivity contribution in [1.82, 2.24) is 0 Å². The van der Waals surface area contributed by atoms with E-state index in [-0.39, 0.29) is 14.7 Å². The number of para-hydroxylation sites is 1. The molecule has 0 spiro atoms. The minimum atomic E-state index is -3.88. The van der Waals surface area contributed by atoms with Gasteiger partial charge in [0.05, 0.1) is 20.4 Å². The van der Waals surface area contributed by atoms with E-state index in [1.54, 1.807) is 12.1 Å². The van der Waals surface area contributed by atoms with Crippen LogP contribution in [0, 0.1) is 0 Å². The third-order valence-electron chi connectivity index (χ3n) is 4.67. The molecule has 3 aromatic rings. The van der Waals surface area contributed by atoms with Gasteiger partial charge in [-0.1, -0.05) is 35.9 Å². The highest BCUT2D eigenvalue weighted by molar-refractivity contribution is 7.93. The van der Waals surface area contributed by atoms with Crippen molar-refractivity contribution < 1.29 is 16.8 Å². The molecule has 3 aromatic carbocycles. The SMILES string of the molecule is O=S(=O)(c1ccc(Cl)cc1)c1cccc(S(=O)(=O)N2CCc3ccccc32)c1. The number of halogens is 1. The first-order valence-corrected chi connectivity index (χ1v) is 11.8. The molecule has 0 amide bonds. The summed E-state index contributed by atoms with van der Waals surface area (Å²) in [6.07, 6.45) is 0.623. The number of sulfonamides is 1. The molecule has 28 heavy (non-hydrogen) atoms. The first kappa shape index (κ1) is 19.0. The van der Waals surface area contributed by atoms with E-state index in [1.807, 2.05) is 12.1 Å². The molecule has 1 aliphatic heterocycles. The molecule has 0 aromatic heterocycles. The van der Waals surface area contributed by atoms with Crippen molar-refractivity contribution in [3.05, 3.63) is 83.4 Å². The van der Waals surface area contributed by atoms with Crippen LogP contribution in [-0.2, 0) is 26.3 Å². The van der Waals surface area contributed by atoms with Crippen LogP contribution in [0.2, 0.25) is 5.02 Å². The summed E-state index contributed by atoms with van der Waals surface area (Å²) >= 11 is 5.83. The van der Waals surface area contributed by atoms with Crippen molar-refractivity contribution in [1.29, 1.82) is 0 Å². The summed E-state index contributed by atoms with van der Waals surface area (Å²) in [6.45, 7) is 0.329. The van der Waals surface area contributed by atoms with Crippen LogP contribution >= 0.6 is 11.6 Å². The molecule has 144 valence electrons. The smallest absolute Gasteiger partial charge is 0.264 e. The summed E-state index contributed by atoms with van der Waals surface area (Å²) in [5, 5.41) is 0.419. The highest BCUT2D eigenvalue weighted by atomic mass is 35.5. The zero-order chi connectivity index (χ0) is 19.9. The van der Waals surface area contributed by atoms with Crippen LogP contribution in [0.1, 0.15) is 5.56 Å². The highest BCUT2D eigenvalue weighted by Crippen LogP contribution is 2.33. The normalized spacial score (nSPS) is 14.1. The van der Waals surface area contributed by atoms with Gasteiger partial charge in [-0.15, -0.1) is 0 Å². The van der Waals surface area contributed by atoms with E-state index in [4.69, 9.17) is 11.6 Å². The largest absolute Gasteiger partial charge is 0.266 e. The summed E-state index contributed by atoms with van der Waals surface area (Å²) < 4.78 is 53.5. The van der Waals surface area contributed by atoms with Crippen LogP contribution < -0.4 is 4.31 Å². The first-order valence-electron chi connectivity index (χ1n) is 8.51. The Morgan fingerprint density at radius 1 is 0.750 bits per heavy atom. The third-order valence-corrected chi connectivity index (χ3v) is 8.50. The van der Waals surface area contributed by atoms with E-state index in [2.05, 4.69) is 0 Å². The lowest BCUT2D eigenvalue weighted by Gasteiger charge is -2.20. The molecular weight excluding hydrogens is 418 g/mol. The monoisotopic (exact) mass is 433 g/mol. The van der Waals surface area contributed by atoms with E-state index < -0.39 is 19.9 Å². The number of hydrogen-bond donors (Lipinski definition) is 0. The second kappa shape index (κ2) is 6.92. The third kappa shape index (κ3) is 3.19. The van der Waals surface area contributed by atoms with Gasteiger partial charge in [0.1, 0.15) is 0 Å². The fourth-order valence-electron chi connectivity index (χ4n) is 3.24. The predicted octanol–water partition coefficient (Wildman–Crippen LogP) is 3.92. The molecule has 0 fully saturated rings. The van der Waals surface area contributed by atoms with E-state index >= 15 is 0 Å². The van der Waals surface area contributed by atoms with E-state index in [9.17, 15) is 16.8 Å². The van der Waals surface area contributed by atoms with Crippen LogP contribution in [0.25, 0.3) is 0 Å². The first-order chi connectivity index (χ1) is 13.3. The molecule has 0 atom stereocenters. The van der Waals surface area contributed by atoms with Gasteiger partial charge in [0.15, 0.2) is 0 Å². The van der Waals surface area contributed by atoms with Crippen molar-refractivity contribution >= 4 is 37.1 Å². The zero-order valence-corrected chi connectivity index (χ0v) is 17.0. The molecule has 0 aliphatic carbocycles. The van der Waals surface area contributed by atoms with Crippen molar-refractivity contribution in [2.45, 2.75) is 21.1 Å². The van der Waals surface area contributed by atoms with Crippen molar-refractivity contribution in [3.8, 4) is 0 Å². The van der Waals surface area contributed by atoms with Crippen LogP contribution in [0.3, 0.4) is 0 Å². The number of anilines is 1. The van der Waals surface area contributed by atoms with Gasteiger partial charge >= 0.3 is 0 Å². The van der Waals surface area contributed by atoms with Gasteiger partial charge in [0, 0.05) is 11.6 Å². The maximum atomic E-state index is 13.2. The van der Waals surface area contributed by atoms with Gasteiger partial charge in [0.25, 0.3) is 10.0 Å². The van der Waals surface area contributed by atoms with Crippen molar-refractivity contribution in [3.63, 3.8) is 0 Å². The molecule has 5 nitrogen and oxygen atoms in total. The molecule has 0 N–H and O–H groups in total.